The summed E-state index contributed by atoms with van der Waals surface area (Å²) in [7, 11) is 0. The van der Waals surface area contributed by atoms with E-state index in [1.165, 1.54) is 41.4 Å². The Balaban J connectivity index is 1.45. The third-order valence-electron chi connectivity index (χ3n) is 4.03. The lowest BCUT2D eigenvalue weighted by atomic mass is 10.3. The number of fused-ring (bicyclic) bond motifs is 1. The van der Waals surface area contributed by atoms with Crippen LogP contribution in [0.2, 0.25) is 0 Å². The first-order valence-corrected chi connectivity index (χ1v) is 11.8. The number of aryl methyl sites for hydroxylation is 1. The van der Waals surface area contributed by atoms with Gasteiger partial charge in [-0.05, 0) is 25.1 Å². The number of carbonyl (C=O) groups excluding carboxylic acids is 2. The lowest BCUT2D eigenvalue weighted by Gasteiger charge is -2.03. The van der Waals surface area contributed by atoms with Gasteiger partial charge in [-0.2, -0.15) is 0 Å². The summed E-state index contributed by atoms with van der Waals surface area (Å²) in [6, 6.07) is 5.61. The molecule has 0 spiro atoms. The fourth-order valence-electron chi connectivity index (χ4n) is 2.67. The lowest BCUT2D eigenvalue weighted by Crippen LogP contribution is -2.11. The standard InChI is InChI=1S/C20H17N5O3S3/c1-11-17(31-19(23-11)15-10-21-5-6-22-15)18(27)24-13-3-4-14-16(9-13)30-20(25-14)29-8-7-28-12(2)26/h3-6,9-10H,7-8H2,1-2H3,(H,24,27). The van der Waals surface area contributed by atoms with Gasteiger partial charge in [0.15, 0.2) is 4.34 Å². The first kappa shape index (κ1) is 21.3. The molecule has 4 rings (SSSR count). The molecule has 1 N–H and O–H groups in total. The number of thiazole rings is 2. The molecule has 11 heteroatoms. The van der Waals surface area contributed by atoms with E-state index in [-0.39, 0.29) is 11.9 Å². The summed E-state index contributed by atoms with van der Waals surface area (Å²) in [6.45, 7) is 3.54. The topological polar surface area (TPSA) is 107 Å². The molecule has 31 heavy (non-hydrogen) atoms. The second-order valence-electron chi connectivity index (χ2n) is 6.33. The maximum Gasteiger partial charge on any atom is 0.302 e. The number of hydrogen-bond acceptors (Lipinski definition) is 10. The summed E-state index contributed by atoms with van der Waals surface area (Å²) >= 11 is 4.35. The van der Waals surface area contributed by atoms with Gasteiger partial charge < -0.3 is 10.1 Å². The Morgan fingerprint density at radius 2 is 2.06 bits per heavy atom. The summed E-state index contributed by atoms with van der Waals surface area (Å²) in [5.74, 6) is 0.136. The number of benzene rings is 1. The average molecular weight is 472 g/mol. The molecule has 3 heterocycles. The van der Waals surface area contributed by atoms with Crippen molar-refractivity contribution in [2.24, 2.45) is 0 Å². The molecule has 1 amide bonds. The van der Waals surface area contributed by atoms with Crippen LogP contribution in [0.5, 0.6) is 0 Å². The van der Waals surface area contributed by atoms with Crippen molar-refractivity contribution in [1.29, 1.82) is 0 Å². The van der Waals surface area contributed by atoms with Gasteiger partial charge in [0, 0.05) is 30.8 Å². The summed E-state index contributed by atoms with van der Waals surface area (Å²) in [4.78, 5) is 41.5. The number of thioether (sulfide) groups is 1. The van der Waals surface area contributed by atoms with Crippen LogP contribution in [-0.2, 0) is 9.53 Å². The van der Waals surface area contributed by atoms with Gasteiger partial charge in [-0.1, -0.05) is 11.8 Å². The fraction of sp³-hybridized carbons (Fsp3) is 0.200. The molecule has 0 fully saturated rings. The molecule has 8 nitrogen and oxygen atoms in total. The number of anilines is 1. The molecule has 0 saturated heterocycles. The van der Waals surface area contributed by atoms with Crippen LogP contribution in [0.25, 0.3) is 20.9 Å². The zero-order chi connectivity index (χ0) is 21.8. The lowest BCUT2D eigenvalue weighted by molar-refractivity contribution is -0.140. The number of nitrogens with zero attached hydrogens (tertiary/aromatic N) is 4. The predicted octanol–water partition coefficient (Wildman–Crippen LogP) is 4.43. The van der Waals surface area contributed by atoms with Crippen molar-refractivity contribution in [2.75, 3.05) is 17.7 Å². The van der Waals surface area contributed by atoms with Gasteiger partial charge in [0.05, 0.1) is 22.1 Å². The van der Waals surface area contributed by atoms with E-state index < -0.39 is 0 Å². The van der Waals surface area contributed by atoms with Crippen LogP contribution in [-0.4, -0.2) is 44.2 Å². The molecule has 158 valence electrons. The first-order valence-electron chi connectivity index (χ1n) is 9.21. The largest absolute Gasteiger partial charge is 0.465 e. The van der Waals surface area contributed by atoms with E-state index in [2.05, 4.69) is 25.3 Å². The van der Waals surface area contributed by atoms with E-state index in [1.807, 2.05) is 18.2 Å². The Morgan fingerprint density at radius 3 is 2.84 bits per heavy atom. The normalized spacial score (nSPS) is 10.9. The molecule has 0 saturated carbocycles. The van der Waals surface area contributed by atoms with Crippen molar-refractivity contribution in [3.8, 4) is 10.7 Å². The SMILES string of the molecule is CC(=O)OCCSc1nc2ccc(NC(=O)c3sc(-c4cnccn4)nc3C)cc2s1. The average Bonchev–Trinajstić information content (AvgIpc) is 3.34. The van der Waals surface area contributed by atoms with Gasteiger partial charge in [-0.3, -0.25) is 19.6 Å². The summed E-state index contributed by atoms with van der Waals surface area (Å²) in [6.07, 6.45) is 4.81. The number of carbonyl (C=O) groups is 2. The maximum atomic E-state index is 12.8. The predicted molar refractivity (Wildman–Crippen MR) is 123 cm³/mol. The molecule has 0 aliphatic rings. The Bertz CT molecular complexity index is 1240. The maximum absolute atomic E-state index is 12.8. The van der Waals surface area contributed by atoms with E-state index in [1.54, 1.807) is 25.5 Å². The van der Waals surface area contributed by atoms with E-state index in [0.29, 0.717) is 39.3 Å². The molecular formula is C20H17N5O3S3. The van der Waals surface area contributed by atoms with E-state index in [4.69, 9.17) is 4.74 Å². The quantitative estimate of drug-likeness (QED) is 0.240. The van der Waals surface area contributed by atoms with Gasteiger partial charge in [0.25, 0.3) is 5.91 Å². The second kappa shape index (κ2) is 9.50. The van der Waals surface area contributed by atoms with E-state index in [9.17, 15) is 9.59 Å². The van der Waals surface area contributed by atoms with Gasteiger partial charge in [-0.15, -0.1) is 22.7 Å². The molecule has 0 aliphatic heterocycles. The van der Waals surface area contributed by atoms with Crippen LogP contribution in [0, 0.1) is 6.92 Å². The number of nitrogens with one attached hydrogen (secondary N) is 1. The number of esters is 1. The Kier molecular flexibility index (Phi) is 6.54. The minimum atomic E-state index is -0.287. The van der Waals surface area contributed by atoms with E-state index in [0.717, 1.165) is 14.6 Å². The van der Waals surface area contributed by atoms with Gasteiger partial charge in [0.2, 0.25) is 0 Å². The Hall–Kier alpha value is -2.89. The van der Waals surface area contributed by atoms with Crippen LogP contribution in [0.4, 0.5) is 5.69 Å². The molecule has 0 aliphatic carbocycles. The molecule has 1 aromatic carbocycles. The van der Waals surface area contributed by atoms with Gasteiger partial charge in [0.1, 0.15) is 22.2 Å². The molecular weight excluding hydrogens is 454 g/mol. The minimum absolute atomic E-state index is 0.218. The highest BCUT2D eigenvalue weighted by Gasteiger charge is 2.17. The summed E-state index contributed by atoms with van der Waals surface area (Å²) < 4.78 is 6.79. The highest BCUT2D eigenvalue weighted by Crippen LogP contribution is 2.32. The highest BCUT2D eigenvalue weighted by atomic mass is 32.2. The zero-order valence-corrected chi connectivity index (χ0v) is 19.1. The molecule has 3 aromatic heterocycles. The molecule has 0 bridgehead atoms. The second-order valence-corrected chi connectivity index (χ2v) is 9.70. The highest BCUT2D eigenvalue weighted by molar-refractivity contribution is 8.01. The van der Waals surface area contributed by atoms with E-state index >= 15 is 0 Å². The molecule has 0 radical (unpaired) electrons. The van der Waals surface area contributed by atoms with Crippen LogP contribution >= 0.6 is 34.4 Å². The monoisotopic (exact) mass is 471 g/mol. The Morgan fingerprint density at radius 1 is 1.19 bits per heavy atom. The summed E-state index contributed by atoms with van der Waals surface area (Å²) in [5, 5.41) is 3.60. The number of ether oxygens (including phenoxy) is 1. The van der Waals surface area contributed by atoms with Crippen LogP contribution in [0.15, 0.2) is 41.1 Å². The smallest absolute Gasteiger partial charge is 0.302 e. The van der Waals surface area contributed by atoms with Crippen molar-refractivity contribution < 1.29 is 14.3 Å². The zero-order valence-electron chi connectivity index (χ0n) is 16.6. The molecule has 0 atom stereocenters. The number of hydrogen-bond donors (Lipinski definition) is 1. The fourth-order valence-corrected chi connectivity index (χ4v) is 5.59. The third kappa shape index (κ3) is 5.24. The van der Waals surface area contributed by atoms with Crippen molar-refractivity contribution >= 4 is 62.2 Å². The molecule has 4 aromatic rings. The number of rotatable bonds is 7. The van der Waals surface area contributed by atoms with Gasteiger partial charge >= 0.3 is 5.97 Å². The third-order valence-corrected chi connectivity index (χ3v) is 7.33. The van der Waals surface area contributed by atoms with Gasteiger partial charge in [-0.25, -0.2) is 9.97 Å². The number of aromatic nitrogens is 4. The Labute approximate surface area is 190 Å². The van der Waals surface area contributed by atoms with Crippen LogP contribution in [0.1, 0.15) is 22.3 Å². The van der Waals surface area contributed by atoms with Crippen molar-refractivity contribution in [3.63, 3.8) is 0 Å². The van der Waals surface area contributed by atoms with Crippen molar-refractivity contribution in [1.82, 2.24) is 19.9 Å². The van der Waals surface area contributed by atoms with Crippen molar-refractivity contribution in [3.05, 3.63) is 47.4 Å². The van der Waals surface area contributed by atoms with Crippen LogP contribution < -0.4 is 5.32 Å². The minimum Gasteiger partial charge on any atom is -0.465 e. The number of amides is 1. The molecule has 0 unspecified atom stereocenters. The van der Waals surface area contributed by atoms with Crippen LogP contribution in [0.3, 0.4) is 0 Å². The van der Waals surface area contributed by atoms with Crippen molar-refractivity contribution in [2.45, 2.75) is 18.2 Å². The summed E-state index contributed by atoms with van der Waals surface area (Å²) in [5.41, 5.74) is 2.83. The first-order chi connectivity index (χ1) is 15.0.